The van der Waals surface area contributed by atoms with Gasteiger partial charge in [-0.25, -0.2) is 4.79 Å². The normalized spacial score (nSPS) is 10.4. The van der Waals surface area contributed by atoms with Crippen LogP contribution in [0.15, 0.2) is 54.8 Å². The highest BCUT2D eigenvalue weighted by molar-refractivity contribution is 5.70. The second-order valence-corrected chi connectivity index (χ2v) is 4.26. The summed E-state index contributed by atoms with van der Waals surface area (Å²) in [5, 5.41) is 2.58. The first-order valence-electron chi connectivity index (χ1n) is 6.55. The Kier molecular flexibility index (Phi) is 7.10. The van der Waals surface area contributed by atoms with E-state index in [-0.39, 0.29) is 6.61 Å². The largest absolute Gasteiger partial charge is 0.444 e. The van der Waals surface area contributed by atoms with Gasteiger partial charge in [-0.2, -0.15) is 0 Å². The van der Waals surface area contributed by atoms with Gasteiger partial charge >= 0.3 is 6.09 Å². The van der Waals surface area contributed by atoms with Gasteiger partial charge in [-0.15, -0.1) is 0 Å². The van der Waals surface area contributed by atoms with Crippen molar-refractivity contribution in [1.82, 2.24) is 5.32 Å². The van der Waals surface area contributed by atoms with Crippen LogP contribution in [0.3, 0.4) is 0 Å². The maximum atomic E-state index is 11.5. The zero-order valence-corrected chi connectivity index (χ0v) is 11.4. The Morgan fingerprint density at radius 3 is 2.79 bits per heavy atom. The molecule has 0 spiro atoms. The summed E-state index contributed by atoms with van der Waals surface area (Å²) < 4.78 is 5.08. The Labute approximate surface area is 115 Å². The highest BCUT2D eigenvalue weighted by Gasteiger charge is 2.02. The van der Waals surface area contributed by atoms with Gasteiger partial charge in [0.1, 0.15) is 6.61 Å². The Morgan fingerprint density at radius 1 is 1.37 bits per heavy atom. The third-order valence-electron chi connectivity index (χ3n) is 2.52. The number of carbonyl (C=O) groups is 1. The van der Waals surface area contributed by atoms with Gasteiger partial charge in [-0.1, -0.05) is 62.8 Å². The van der Waals surface area contributed by atoms with E-state index >= 15 is 0 Å². The van der Waals surface area contributed by atoms with Crippen LogP contribution in [0.5, 0.6) is 0 Å². The Balaban J connectivity index is 2.23. The molecule has 0 saturated heterocycles. The number of amides is 1. The number of unbranched alkanes of at least 4 members (excludes halogenated alkanes) is 2. The molecule has 0 unspecified atom stereocenters. The number of nitrogens with one attached hydrogen (secondary N) is 1. The maximum Gasteiger partial charge on any atom is 0.411 e. The fraction of sp³-hybridized carbons (Fsp3) is 0.312. The van der Waals surface area contributed by atoms with E-state index in [1.807, 2.05) is 36.4 Å². The average Bonchev–Trinajstić information content (AvgIpc) is 2.42. The minimum Gasteiger partial charge on any atom is -0.444 e. The lowest BCUT2D eigenvalue weighted by Gasteiger charge is -2.06. The zero-order chi connectivity index (χ0) is 13.9. The first-order valence-corrected chi connectivity index (χ1v) is 6.55. The molecule has 0 aromatic heterocycles. The molecule has 1 aromatic carbocycles. The van der Waals surface area contributed by atoms with Crippen LogP contribution in [-0.2, 0) is 11.3 Å². The number of benzene rings is 1. The SMILES string of the molecule is C=C(C=CCCCC)NC(=O)OCc1ccccc1. The van der Waals surface area contributed by atoms with Crippen LogP contribution in [0.2, 0.25) is 0 Å². The summed E-state index contributed by atoms with van der Waals surface area (Å²) in [6.45, 7) is 6.15. The second kappa shape index (κ2) is 8.97. The molecule has 1 aromatic rings. The van der Waals surface area contributed by atoms with Gasteiger partial charge in [0, 0.05) is 5.70 Å². The van der Waals surface area contributed by atoms with E-state index in [0.29, 0.717) is 5.70 Å². The number of hydrogen-bond donors (Lipinski definition) is 1. The van der Waals surface area contributed by atoms with Crippen LogP contribution in [-0.4, -0.2) is 6.09 Å². The van der Waals surface area contributed by atoms with Gasteiger partial charge in [-0.3, -0.25) is 5.32 Å². The van der Waals surface area contributed by atoms with Crippen molar-refractivity contribution in [2.75, 3.05) is 0 Å². The molecule has 0 aliphatic rings. The molecule has 0 aliphatic carbocycles. The monoisotopic (exact) mass is 259 g/mol. The van der Waals surface area contributed by atoms with E-state index < -0.39 is 6.09 Å². The molecule has 0 radical (unpaired) electrons. The van der Waals surface area contributed by atoms with Crippen molar-refractivity contribution in [2.45, 2.75) is 32.8 Å². The highest BCUT2D eigenvalue weighted by atomic mass is 16.5. The minimum atomic E-state index is -0.478. The van der Waals surface area contributed by atoms with Crippen molar-refractivity contribution in [3.05, 3.63) is 60.3 Å². The molecule has 0 fully saturated rings. The molecule has 0 aliphatic heterocycles. The first kappa shape index (κ1) is 15.0. The quantitative estimate of drug-likeness (QED) is 0.589. The van der Waals surface area contributed by atoms with E-state index in [1.165, 1.54) is 0 Å². The number of allylic oxidation sites excluding steroid dienone is 2. The molecular formula is C16H21NO2. The third-order valence-corrected chi connectivity index (χ3v) is 2.52. The second-order valence-electron chi connectivity index (χ2n) is 4.26. The minimum absolute atomic E-state index is 0.263. The summed E-state index contributed by atoms with van der Waals surface area (Å²) in [4.78, 5) is 11.5. The fourth-order valence-electron chi connectivity index (χ4n) is 1.48. The zero-order valence-electron chi connectivity index (χ0n) is 11.4. The average molecular weight is 259 g/mol. The van der Waals surface area contributed by atoms with Gasteiger partial charge in [0.05, 0.1) is 0 Å². The Morgan fingerprint density at radius 2 is 2.11 bits per heavy atom. The lowest BCUT2D eigenvalue weighted by Crippen LogP contribution is -2.22. The van der Waals surface area contributed by atoms with Crippen molar-refractivity contribution >= 4 is 6.09 Å². The number of rotatable bonds is 7. The fourth-order valence-corrected chi connectivity index (χ4v) is 1.48. The standard InChI is InChI=1S/C16H21NO2/c1-3-4-5-7-10-14(2)17-16(18)19-13-15-11-8-6-9-12-15/h6-12H,2-5,13H2,1H3,(H,17,18). The third kappa shape index (κ3) is 7.09. The molecule has 1 N–H and O–H groups in total. The summed E-state index contributed by atoms with van der Waals surface area (Å²) in [5.41, 5.74) is 1.51. The van der Waals surface area contributed by atoms with Crippen molar-refractivity contribution in [3.8, 4) is 0 Å². The van der Waals surface area contributed by atoms with Gasteiger partial charge in [0.2, 0.25) is 0 Å². The van der Waals surface area contributed by atoms with Crippen LogP contribution in [0.4, 0.5) is 4.79 Å². The lowest BCUT2D eigenvalue weighted by molar-refractivity contribution is 0.143. The summed E-state index contributed by atoms with van der Waals surface area (Å²) in [6.07, 6.45) is 6.62. The molecule has 3 nitrogen and oxygen atoms in total. The van der Waals surface area contributed by atoms with Crippen LogP contribution >= 0.6 is 0 Å². The molecule has 1 rings (SSSR count). The summed E-state index contributed by atoms with van der Waals surface area (Å²) in [7, 11) is 0. The first-order chi connectivity index (χ1) is 9.22. The molecular weight excluding hydrogens is 238 g/mol. The molecule has 0 bridgehead atoms. The summed E-state index contributed by atoms with van der Waals surface area (Å²) >= 11 is 0. The summed E-state index contributed by atoms with van der Waals surface area (Å²) in [6, 6.07) is 9.56. The highest BCUT2D eigenvalue weighted by Crippen LogP contribution is 2.01. The summed E-state index contributed by atoms with van der Waals surface area (Å²) in [5.74, 6) is 0. The van der Waals surface area contributed by atoms with Crippen LogP contribution in [0.25, 0.3) is 0 Å². The molecule has 102 valence electrons. The predicted molar refractivity (Wildman–Crippen MR) is 77.6 cm³/mol. The predicted octanol–water partition coefficient (Wildman–Crippen LogP) is 4.17. The van der Waals surface area contributed by atoms with E-state index in [2.05, 4.69) is 18.8 Å². The van der Waals surface area contributed by atoms with Crippen molar-refractivity contribution in [1.29, 1.82) is 0 Å². The van der Waals surface area contributed by atoms with Crippen molar-refractivity contribution in [2.24, 2.45) is 0 Å². The molecule has 19 heavy (non-hydrogen) atoms. The smallest absolute Gasteiger partial charge is 0.411 e. The van der Waals surface area contributed by atoms with Gasteiger partial charge < -0.3 is 4.74 Å². The lowest BCUT2D eigenvalue weighted by atomic mass is 10.2. The molecule has 0 saturated carbocycles. The van der Waals surface area contributed by atoms with Crippen LogP contribution < -0.4 is 5.32 Å². The van der Waals surface area contributed by atoms with Gasteiger partial charge in [0.25, 0.3) is 0 Å². The Bertz CT molecular complexity index is 424. The van der Waals surface area contributed by atoms with Crippen LogP contribution in [0.1, 0.15) is 31.7 Å². The molecule has 0 heterocycles. The van der Waals surface area contributed by atoms with E-state index in [0.717, 1.165) is 24.8 Å². The van der Waals surface area contributed by atoms with Crippen LogP contribution in [0, 0.1) is 0 Å². The number of ether oxygens (including phenoxy) is 1. The van der Waals surface area contributed by atoms with E-state index in [9.17, 15) is 4.79 Å². The maximum absolute atomic E-state index is 11.5. The molecule has 1 amide bonds. The molecule has 0 atom stereocenters. The van der Waals surface area contributed by atoms with Gasteiger partial charge in [0.15, 0.2) is 0 Å². The van der Waals surface area contributed by atoms with Crippen molar-refractivity contribution in [3.63, 3.8) is 0 Å². The van der Waals surface area contributed by atoms with Crippen molar-refractivity contribution < 1.29 is 9.53 Å². The Hall–Kier alpha value is -2.03. The van der Waals surface area contributed by atoms with E-state index in [4.69, 9.17) is 4.74 Å². The number of hydrogen-bond acceptors (Lipinski definition) is 2. The molecule has 3 heteroatoms. The van der Waals surface area contributed by atoms with E-state index in [1.54, 1.807) is 6.08 Å². The number of carbonyl (C=O) groups excluding carboxylic acids is 1. The topological polar surface area (TPSA) is 38.3 Å². The number of alkyl carbamates (subject to hydrolysis) is 1. The van der Waals surface area contributed by atoms with Gasteiger partial charge in [-0.05, 0) is 18.1 Å².